The molecule has 0 saturated carbocycles. The summed E-state index contributed by atoms with van der Waals surface area (Å²) < 4.78 is 0. The zero-order valence-corrected chi connectivity index (χ0v) is 10.2. The molecule has 4 N–H and O–H groups in total. The van der Waals surface area contributed by atoms with E-state index in [0.717, 1.165) is 12.8 Å². The number of aliphatic hydroxyl groups is 1. The Morgan fingerprint density at radius 2 is 2.07 bits per heavy atom. The Kier molecular flexibility index (Phi) is 5.83. The molecule has 0 aromatic heterocycles. The van der Waals surface area contributed by atoms with Gasteiger partial charge in [-0.2, -0.15) is 0 Å². The van der Waals surface area contributed by atoms with Crippen LogP contribution in [0.1, 0.15) is 47.0 Å². The molecule has 4 nitrogen and oxygen atoms in total. The Morgan fingerprint density at radius 3 is 2.47 bits per heavy atom. The molecule has 0 bridgehead atoms. The van der Waals surface area contributed by atoms with E-state index in [4.69, 9.17) is 5.73 Å². The van der Waals surface area contributed by atoms with E-state index in [1.54, 1.807) is 20.8 Å². The molecular weight excluding hydrogens is 192 g/mol. The number of carbonyl (C=O) groups is 1. The van der Waals surface area contributed by atoms with Crippen LogP contribution < -0.4 is 11.1 Å². The van der Waals surface area contributed by atoms with Crippen molar-refractivity contribution in [1.82, 2.24) is 5.32 Å². The van der Waals surface area contributed by atoms with Crippen LogP contribution >= 0.6 is 0 Å². The van der Waals surface area contributed by atoms with E-state index in [-0.39, 0.29) is 5.91 Å². The summed E-state index contributed by atoms with van der Waals surface area (Å²) in [7, 11) is 0. The number of rotatable bonds is 6. The Morgan fingerprint density at radius 1 is 1.53 bits per heavy atom. The fraction of sp³-hybridized carbons (Fsp3) is 0.909. The van der Waals surface area contributed by atoms with Gasteiger partial charge in [-0.25, -0.2) is 0 Å². The lowest BCUT2D eigenvalue weighted by molar-refractivity contribution is -0.125. The van der Waals surface area contributed by atoms with Crippen molar-refractivity contribution in [3.05, 3.63) is 0 Å². The molecule has 0 aliphatic rings. The number of nitrogens with one attached hydrogen (secondary N) is 1. The van der Waals surface area contributed by atoms with Gasteiger partial charge in [0.15, 0.2) is 0 Å². The number of amides is 1. The lowest BCUT2D eigenvalue weighted by Crippen LogP contribution is -2.55. The zero-order chi connectivity index (χ0) is 12.1. The van der Waals surface area contributed by atoms with Gasteiger partial charge in [-0.05, 0) is 27.2 Å². The van der Waals surface area contributed by atoms with Crippen LogP contribution in [-0.4, -0.2) is 28.7 Å². The van der Waals surface area contributed by atoms with E-state index in [0.29, 0.717) is 6.42 Å². The average Bonchev–Trinajstić information content (AvgIpc) is 2.13. The fourth-order valence-corrected chi connectivity index (χ4v) is 1.07. The first kappa shape index (κ1) is 14.4. The predicted octanol–water partition coefficient (Wildman–Crippen LogP) is 0.779. The largest absolute Gasteiger partial charge is 0.391 e. The van der Waals surface area contributed by atoms with Gasteiger partial charge in [-0.3, -0.25) is 4.79 Å². The summed E-state index contributed by atoms with van der Waals surface area (Å²) in [6.45, 7) is 7.27. The summed E-state index contributed by atoms with van der Waals surface area (Å²) in [5.41, 5.74) is 5.09. The van der Waals surface area contributed by atoms with Crippen LogP contribution in [0, 0.1) is 0 Å². The lowest BCUT2D eigenvalue weighted by Gasteiger charge is -2.30. The maximum absolute atomic E-state index is 11.6. The number of nitrogens with two attached hydrogens (primary N) is 1. The first-order valence-corrected chi connectivity index (χ1v) is 5.57. The molecule has 0 aliphatic carbocycles. The molecule has 0 aromatic rings. The summed E-state index contributed by atoms with van der Waals surface area (Å²) in [6, 6.07) is -0.469. The molecule has 0 heterocycles. The van der Waals surface area contributed by atoms with E-state index in [1.807, 2.05) is 0 Å². The van der Waals surface area contributed by atoms with Crippen LogP contribution in [0.4, 0.5) is 0 Å². The summed E-state index contributed by atoms with van der Waals surface area (Å²) in [5, 5.41) is 12.2. The average molecular weight is 216 g/mol. The summed E-state index contributed by atoms with van der Waals surface area (Å²) in [4.78, 5) is 11.6. The molecule has 0 aromatic carbocycles. The van der Waals surface area contributed by atoms with Gasteiger partial charge >= 0.3 is 0 Å². The van der Waals surface area contributed by atoms with Crippen LogP contribution in [0.5, 0.6) is 0 Å². The minimum absolute atomic E-state index is 0.186. The van der Waals surface area contributed by atoms with Crippen molar-refractivity contribution in [3.63, 3.8) is 0 Å². The monoisotopic (exact) mass is 216 g/mol. The topological polar surface area (TPSA) is 75.4 Å². The van der Waals surface area contributed by atoms with Gasteiger partial charge in [0.05, 0.1) is 17.7 Å². The first-order chi connectivity index (χ1) is 6.81. The van der Waals surface area contributed by atoms with Crippen molar-refractivity contribution in [3.8, 4) is 0 Å². The number of carbonyl (C=O) groups excluding carboxylic acids is 1. The highest BCUT2D eigenvalue weighted by Crippen LogP contribution is 2.09. The number of hydrogen-bond donors (Lipinski definition) is 3. The third-order valence-electron chi connectivity index (χ3n) is 2.70. The standard InChI is InChI=1S/C11H24N2O2/c1-5-6-7-9(12)10(15)13-11(3,4)8(2)14/h8-9,14H,5-7,12H2,1-4H3,(H,13,15)/t8?,9-/m0/s1. The molecule has 0 rings (SSSR count). The number of unbranched alkanes of at least 4 members (excludes halogenated alkanes) is 1. The maximum atomic E-state index is 11.6. The molecule has 0 radical (unpaired) electrons. The molecule has 1 amide bonds. The molecule has 0 spiro atoms. The first-order valence-electron chi connectivity index (χ1n) is 5.57. The van der Waals surface area contributed by atoms with Gasteiger partial charge in [0.1, 0.15) is 0 Å². The molecule has 0 aliphatic heterocycles. The van der Waals surface area contributed by atoms with Crippen molar-refractivity contribution in [2.45, 2.75) is 64.6 Å². The van der Waals surface area contributed by atoms with Gasteiger partial charge in [0.25, 0.3) is 0 Å². The van der Waals surface area contributed by atoms with Crippen molar-refractivity contribution < 1.29 is 9.90 Å². The molecule has 1 unspecified atom stereocenters. The molecule has 0 fully saturated rings. The Labute approximate surface area is 92.2 Å². The third kappa shape index (κ3) is 5.14. The maximum Gasteiger partial charge on any atom is 0.237 e. The minimum Gasteiger partial charge on any atom is -0.391 e. The van der Waals surface area contributed by atoms with E-state index >= 15 is 0 Å². The SMILES string of the molecule is CCCC[C@H](N)C(=O)NC(C)(C)C(C)O. The van der Waals surface area contributed by atoms with E-state index in [9.17, 15) is 9.90 Å². The molecule has 4 heteroatoms. The van der Waals surface area contributed by atoms with Crippen LogP contribution in [0.2, 0.25) is 0 Å². The smallest absolute Gasteiger partial charge is 0.237 e. The zero-order valence-electron chi connectivity index (χ0n) is 10.2. The van der Waals surface area contributed by atoms with Crippen LogP contribution in [0.15, 0.2) is 0 Å². The lowest BCUT2D eigenvalue weighted by atomic mass is 9.97. The number of aliphatic hydroxyl groups excluding tert-OH is 1. The fourth-order valence-electron chi connectivity index (χ4n) is 1.07. The highest BCUT2D eigenvalue weighted by molar-refractivity contribution is 5.82. The highest BCUT2D eigenvalue weighted by atomic mass is 16.3. The van der Waals surface area contributed by atoms with Gasteiger partial charge in [-0.15, -0.1) is 0 Å². The predicted molar refractivity (Wildman–Crippen MR) is 61.4 cm³/mol. The Bertz CT molecular complexity index is 203. The summed E-state index contributed by atoms with van der Waals surface area (Å²) in [5.74, 6) is -0.186. The summed E-state index contributed by atoms with van der Waals surface area (Å²) >= 11 is 0. The minimum atomic E-state index is -0.624. The van der Waals surface area contributed by atoms with E-state index < -0.39 is 17.7 Å². The van der Waals surface area contributed by atoms with Gasteiger partial charge in [0, 0.05) is 0 Å². The second kappa shape index (κ2) is 6.08. The van der Waals surface area contributed by atoms with Crippen molar-refractivity contribution >= 4 is 5.91 Å². The van der Waals surface area contributed by atoms with E-state index in [2.05, 4.69) is 12.2 Å². The second-order valence-corrected chi connectivity index (χ2v) is 4.64. The highest BCUT2D eigenvalue weighted by Gasteiger charge is 2.27. The normalized spacial score (nSPS) is 15.9. The van der Waals surface area contributed by atoms with Crippen LogP contribution in [0.3, 0.4) is 0 Å². The Balaban J connectivity index is 4.12. The Hall–Kier alpha value is -0.610. The molecule has 2 atom stereocenters. The second-order valence-electron chi connectivity index (χ2n) is 4.64. The van der Waals surface area contributed by atoms with Crippen LogP contribution in [0.25, 0.3) is 0 Å². The van der Waals surface area contributed by atoms with Crippen molar-refractivity contribution in [2.75, 3.05) is 0 Å². The molecule has 0 saturated heterocycles. The van der Waals surface area contributed by atoms with Gasteiger partial charge < -0.3 is 16.2 Å². The van der Waals surface area contributed by atoms with Gasteiger partial charge in [-0.1, -0.05) is 19.8 Å². The van der Waals surface area contributed by atoms with Gasteiger partial charge in [0.2, 0.25) is 5.91 Å². The summed E-state index contributed by atoms with van der Waals surface area (Å²) in [6.07, 6.45) is 2.07. The molecule has 15 heavy (non-hydrogen) atoms. The molecular formula is C11H24N2O2. The number of hydrogen-bond acceptors (Lipinski definition) is 3. The van der Waals surface area contributed by atoms with Crippen molar-refractivity contribution in [1.29, 1.82) is 0 Å². The molecule has 90 valence electrons. The quantitative estimate of drug-likeness (QED) is 0.614. The van der Waals surface area contributed by atoms with Crippen molar-refractivity contribution in [2.24, 2.45) is 5.73 Å². The third-order valence-corrected chi connectivity index (χ3v) is 2.70. The van der Waals surface area contributed by atoms with Crippen LogP contribution in [-0.2, 0) is 4.79 Å². The van der Waals surface area contributed by atoms with E-state index in [1.165, 1.54) is 0 Å².